The van der Waals surface area contributed by atoms with Gasteiger partial charge in [-0.05, 0) is 102 Å². The van der Waals surface area contributed by atoms with Gasteiger partial charge in [0.15, 0.2) is 0 Å². The van der Waals surface area contributed by atoms with Gasteiger partial charge in [-0.3, -0.25) is 4.79 Å². The van der Waals surface area contributed by atoms with Crippen LogP contribution in [0.4, 0.5) is 5.69 Å². The standard InChI is InChI=1S/C21H17ClI2N2O4/c1-10(2)30-19-12(6-13(23)8-18(19)24)7-15-11(3)25-26(20(15)27)14-4-5-17(22)16(9-14)21(28)29/h4-10H,1-3H3,(H,28,29)/b15-7-. The molecule has 6 nitrogen and oxygen atoms in total. The minimum atomic E-state index is -1.17. The minimum Gasteiger partial charge on any atom is -0.489 e. The third-order valence-corrected chi connectivity index (χ3v) is 5.93. The van der Waals surface area contributed by atoms with E-state index in [1.54, 1.807) is 19.1 Å². The summed E-state index contributed by atoms with van der Waals surface area (Å²) in [6, 6.07) is 8.29. The molecule has 1 aliphatic heterocycles. The van der Waals surface area contributed by atoms with Crippen molar-refractivity contribution in [3.05, 3.63) is 59.2 Å². The van der Waals surface area contributed by atoms with Crippen molar-refractivity contribution in [3.63, 3.8) is 0 Å². The number of hydrogen-bond acceptors (Lipinski definition) is 4. The maximum absolute atomic E-state index is 13.1. The van der Waals surface area contributed by atoms with Crippen molar-refractivity contribution in [2.45, 2.75) is 26.9 Å². The number of hydrazone groups is 1. The molecule has 0 spiro atoms. The first-order valence-electron chi connectivity index (χ1n) is 8.88. The fourth-order valence-corrected chi connectivity index (χ4v) is 5.09. The number of halogens is 3. The first-order chi connectivity index (χ1) is 14.1. The number of carboxylic acids is 1. The van der Waals surface area contributed by atoms with Crippen molar-refractivity contribution >= 4 is 86.1 Å². The summed E-state index contributed by atoms with van der Waals surface area (Å²) < 4.78 is 7.94. The van der Waals surface area contributed by atoms with Crippen LogP contribution in [0.15, 0.2) is 41.0 Å². The predicted octanol–water partition coefficient (Wildman–Crippen LogP) is 5.84. The largest absolute Gasteiger partial charge is 0.489 e. The summed E-state index contributed by atoms with van der Waals surface area (Å²) in [5.41, 5.74) is 1.96. The van der Waals surface area contributed by atoms with Crippen LogP contribution in [0, 0.1) is 7.14 Å². The molecule has 9 heteroatoms. The molecule has 0 fully saturated rings. The Balaban J connectivity index is 2.04. The number of aromatic carboxylic acids is 1. The van der Waals surface area contributed by atoms with Crippen LogP contribution >= 0.6 is 56.8 Å². The van der Waals surface area contributed by atoms with Crippen molar-refractivity contribution in [1.82, 2.24) is 0 Å². The van der Waals surface area contributed by atoms with Crippen LogP contribution in [-0.2, 0) is 4.79 Å². The number of rotatable bonds is 5. The second-order valence-corrected chi connectivity index (χ2v) is 9.62. The van der Waals surface area contributed by atoms with E-state index in [0.29, 0.717) is 22.7 Å². The van der Waals surface area contributed by atoms with Crippen LogP contribution in [0.1, 0.15) is 36.7 Å². The molecule has 1 aliphatic rings. The van der Waals surface area contributed by atoms with E-state index in [0.717, 1.165) is 12.7 Å². The number of nitrogens with zero attached hydrogens (tertiary/aromatic N) is 2. The number of carbonyl (C=O) groups excluding carboxylic acids is 1. The van der Waals surface area contributed by atoms with Crippen molar-refractivity contribution in [2.75, 3.05) is 5.01 Å². The van der Waals surface area contributed by atoms with Crippen molar-refractivity contribution in [3.8, 4) is 5.75 Å². The first kappa shape index (κ1) is 23.0. The van der Waals surface area contributed by atoms with Gasteiger partial charge >= 0.3 is 5.97 Å². The Kier molecular flexibility index (Phi) is 7.08. The molecule has 0 aliphatic carbocycles. The number of ether oxygens (including phenoxy) is 1. The maximum atomic E-state index is 13.1. The van der Waals surface area contributed by atoms with E-state index in [-0.39, 0.29) is 22.6 Å². The molecule has 156 valence electrons. The molecule has 1 heterocycles. The molecular formula is C21H17ClI2N2O4. The monoisotopic (exact) mass is 650 g/mol. The highest BCUT2D eigenvalue weighted by Crippen LogP contribution is 2.33. The average molecular weight is 651 g/mol. The fourth-order valence-electron chi connectivity index (χ4n) is 2.87. The summed E-state index contributed by atoms with van der Waals surface area (Å²) in [5, 5.41) is 14.9. The summed E-state index contributed by atoms with van der Waals surface area (Å²) in [7, 11) is 0. The van der Waals surface area contributed by atoms with Crippen LogP contribution in [0.2, 0.25) is 5.02 Å². The zero-order chi connectivity index (χ0) is 22.2. The lowest BCUT2D eigenvalue weighted by Gasteiger charge is -2.16. The third-order valence-electron chi connectivity index (χ3n) is 4.18. The van der Waals surface area contributed by atoms with Crippen LogP contribution in [-0.4, -0.2) is 28.8 Å². The molecule has 2 aromatic carbocycles. The topological polar surface area (TPSA) is 79.2 Å². The maximum Gasteiger partial charge on any atom is 0.337 e. The Labute approximate surface area is 206 Å². The highest BCUT2D eigenvalue weighted by atomic mass is 127. The second kappa shape index (κ2) is 9.23. The molecular weight excluding hydrogens is 634 g/mol. The number of hydrogen-bond donors (Lipinski definition) is 1. The highest BCUT2D eigenvalue weighted by molar-refractivity contribution is 14.1. The molecule has 1 N–H and O–H groups in total. The number of benzene rings is 2. The molecule has 1 amide bonds. The van der Waals surface area contributed by atoms with Crippen molar-refractivity contribution < 1.29 is 19.4 Å². The normalized spacial score (nSPS) is 15.2. The van der Waals surface area contributed by atoms with Gasteiger partial charge < -0.3 is 9.84 Å². The van der Waals surface area contributed by atoms with Gasteiger partial charge in [0.1, 0.15) is 5.75 Å². The van der Waals surface area contributed by atoms with Crippen LogP contribution in [0.3, 0.4) is 0 Å². The van der Waals surface area contributed by atoms with Crippen LogP contribution in [0.5, 0.6) is 5.75 Å². The Bertz CT molecular complexity index is 1110. The molecule has 2 aromatic rings. The quantitative estimate of drug-likeness (QED) is 0.326. The van der Waals surface area contributed by atoms with Gasteiger partial charge in [-0.25, -0.2) is 4.79 Å². The SMILES string of the molecule is CC1=NN(c2ccc(Cl)c(C(=O)O)c2)C(=O)/C1=C\c1cc(I)cc(I)c1OC(C)C. The molecule has 0 saturated heterocycles. The van der Waals surface area contributed by atoms with Gasteiger partial charge in [0.25, 0.3) is 5.91 Å². The molecule has 0 aromatic heterocycles. The van der Waals surface area contributed by atoms with E-state index in [1.165, 1.54) is 17.1 Å². The lowest BCUT2D eigenvalue weighted by Crippen LogP contribution is -2.21. The molecule has 3 rings (SSSR count). The average Bonchev–Trinajstić information content (AvgIpc) is 2.92. The lowest BCUT2D eigenvalue weighted by atomic mass is 10.1. The Morgan fingerprint density at radius 3 is 2.60 bits per heavy atom. The Morgan fingerprint density at radius 1 is 1.27 bits per heavy atom. The van der Waals surface area contributed by atoms with Crippen molar-refractivity contribution in [1.29, 1.82) is 0 Å². The Hall–Kier alpha value is -1.66. The number of anilines is 1. The highest BCUT2D eigenvalue weighted by Gasteiger charge is 2.30. The fraction of sp³-hybridized carbons (Fsp3) is 0.190. The summed E-state index contributed by atoms with van der Waals surface area (Å²) in [4.78, 5) is 24.5. The molecule has 0 bridgehead atoms. The van der Waals surface area contributed by atoms with E-state index in [2.05, 4.69) is 50.3 Å². The first-order valence-corrected chi connectivity index (χ1v) is 11.4. The molecule has 0 saturated carbocycles. The molecule has 0 unspecified atom stereocenters. The van der Waals surface area contributed by atoms with E-state index in [4.69, 9.17) is 16.3 Å². The second-order valence-electron chi connectivity index (χ2n) is 6.80. The van der Waals surface area contributed by atoms with Gasteiger partial charge in [-0.2, -0.15) is 10.1 Å². The summed E-state index contributed by atoms with van der Waals surface area (Å²) in [6.07, 6.45) is 1.74. The molecule has 0 atom stereocenters. The summed E-state index contributed by atoms with van der Waals surface area (Å²) in [6.45, 7) is 5.63. The van der Waals surface area contributed by atoms with E-state index >= 15 is 0 Å². The van der Waals surface area contributed by atoms with Crippen LogP contribution in [0.25, 0.3) is 6.08 Å². The van der Waals surface area contributed by atoms with Crippen molar-refractivity contribution in [2.24, 2.45) is 5.10 Å². The van der Waals surface area contributed by atoms with Gasteiger partial charge in [0, 0.05) is 9.13 Å². The number of carboxylic acid groups (broad SMARTS) is 1. The van der Waals surface area contributed by atoms with E-state index < -0.39 is 5.97 Å². The lowest BCUT2D eigenvalue weighted by molar-refractivity contribution is -0.114. The van der Waals surface area contributed by atoms with E-state index in [1.807, 2.05) is 26.0 Å². The summed E-state index contributed by atoms with van der Waals surface area (Å²) >= 11 is 10.4. The minimum absolute atomic E-state index is 0.0234. The molecule has 30 heavy (non-hydrogen) atoms. The van der Waals surface area contributed by atoms with Gasteiger partial charge in [-0.15, -0.1) is 0 Å². The number of carbonyl (C=O) groups is 2. The van der Waals surface area contributed by atoms with Crippen LogP contribution < -0.4 is 9.75 Å². The zero-order valence-corrected chi connectivity index (χ0v) is 21.3. The van der Waals surface area contributed by atoms with E-state index in [9.17, 15) is 14.7 Å². The zero-order valence-electron chi connectivity index (χ0n) is 16.2. The van der Waals surface area contributed by atoms with Gasteiger partial charge in [0.05, 0.1) is 37.2 Å². The smallest absolute Gasteiger partial charge is 0.337 e. The van der Waals surface area contributed by atoms with Gasteiger partial charge in [0.2, 0.25) is 0 Å². The Morgan fingerprint density at radius 2 is 1.97 bits per heavy atom. The predicted molar refractivity (Wildman–Crippen MR) is 135 cm³/mol. The van der Waals surface area contributed by atoms with Gasteiger partial charge in [-0.1, -0.05) is 11.6 Å². The molecule has 0 radical (unpaired) electrons. The number of amides is 1. The third kappa shape index (κ3) is 4.80. The summed E-state index contributed by atoms with van der Waals surface area (Å²) in [5.74, 6) is -0.818.